The van der Waals surface area contributed by atoms with Gasteiger partial charge in [-0.15, -0.1) is 11.3 Å². The predicted octanol–water partition coefficient (Wildman–Crippen LogP) is 3.36. The van der Waals surface area contributed by atoms with E-state index >= 15 is 0 Å². The van der Waals surface area contributed by atoms with E-state index in [1.54, 1.807) is 17.5 Å². The fourth-order valence-corrected chi connectivity index (χ4v) is 2.21. The van der Waals surface area contributed by atoms with E-state index in [0.29, 0.717) is 0 Å². The van der Waals surface area contributed by atoms with Crippen LogP contribution in [0.1, 0.15) is 0 Å². The molecule has 3 aromatic rings. The van der Waals surface area contributed by atoms with Gasteiger partial charge in [-0.25, -0.2) is 9.97 Å². The largest absolute Gasteiger partial charge is 0.237 e. The fourth-order valence-electron chi connectivity index (χ4n) is 1.51. The van der Waals surface area contributed by atoms with Gasteiger partial charge >= 0.3 is 0 Å². The maximum Gasteiger partial charge on any atom is 0.159 e. The van der Waals surface area contributed by atoms with Crippen LogP contribution in [0.5, 0.6) is 0 Å². The summed E-state index contributed by atoms with van der Waals surface area (Å²) in [5.41, 5.74) is 1.81. The Morgan fingerprint density at radius 2 is 2.00 bits per heavy atom. The molecule has 0 fully saturated rings. The van der Waals surface area contributed by atoms with E-state index < -0.39 is 0 Å². The Hall–Kier alpha value is -1.74. The molecule has 2 nitrogen and oxygen atoms in total. The summed E-state index contributed by atoms with van der Waals surface area (Å²) in [6.45, 7) is 0. The van der Waals surface area contributed by atoms with Crippen molar-refractivity contribution in [3.8, 4) is 10.6 Å². The summed E-state index contributed by atoms with van der Waals surface area (Å²) in [6, 6.07) is 12.1. The lowest BCUT2D eigenvalue weighted by Gasteiger charge is -1.98. The smallest absolute Gasteiger partial charge is 0.159 e. The first-order valence-corrected chi connectivity index (χ1v) is 5.57. The molecule has 0 aliphatic rings. The highest BCUT2D eigenvalue weighted by atomic mass is 32.1. The summed E-state index contributed by atoms with van der Waals surface area (Å²) < 4.78 is 0. The molecule has 3 aromatic heterocycles. The van der Waals surface area contributed by atoms with Gasteiger partial charge in [0.1, 0.15) is 0 Å². The van der Waals surface area contributed by atoms with Gasteiger partial charge in [-0.2, -0.15) is 0 Å². The summed E-state index contributed by atoms with van der Waals surface area (Å²) >= 11 is 1.69. The van der Waals surface area contributed by atoms with E-state index in [0.717, 1.165) is 16.7 Å². The molecule has 0 saturated carbocycles. The second-order valence-corrected chi connectivity index (χ2v) is 4.17. The van der Waals surface area contributed by atoms with Gasteiger partial charge in [0.25, 0.3) is 0 Å². The molecule has 3 rings (SSSR count). The minimum absolute atomic E-state index is 0.809. The number of pyridine rings is 2. The van der Waals surface area contributed by atoms with Gasteiger partial charge in [0.2, 0.25) is 0 Å². The van der Waals surface area contributed by atoms with Crippen molar-refractivity contribution < 1.29 is 0 Å². The van der Waals surface area contributed by atoms with Crippen LogP contribution in [0.3, 0.4) is 0 Å². The highest BCUT2D eigenvalue weighted by molar-refractivity contribution is 7.13. The van der Waals surface area contributed by atoms with Gasteiger partial charge < -0.3 is 0 Å². The van der Waals surface area contributed by atoms with Crippen LogP contribution in [0.4, 0.5) is 0 Å². The number of fused-ring (bicyclic) bond motifs is 1. The molecule has 0 N–H and O–H groups in total. The lowest BCUT2D eigenvalue weighted by atomic mass is 10.2. The molecule has 0 unspecified atom stereocenters. The fraction of sp³-hybridized carbons (Fsp3) is 0. The molecule has 0 saturated heterocycles. The van der Waals surface area contributed by atoms with E-state index in [1.807, 2.05) is 24.3 Å². The number of nitrogens with zero attached hydrogens (tertiary/aromatic N) is 2. The molecule has 72 valence electrons. The van der Waals surface area contributed by atoms with Crippen molar-refractivity contribution in [2.24, 2.45) is 0 Å². The molecular weight excluding hydrogens is 204 g/mol. The first-order valence-electron chi connectivity index (χ1n) is 4.69. The van der Waals surface area contributed by atoms with Gasteiger partial charge in [0.15, 0.2) is 5.65 Å². The minimum atomic E-state index is 0.809. The SMILES string of the molecule is c1csc(-c2ccc3cccnc3n2)c1. The van der Waals surface area contributed by atoms with Crippen molar-refractivity contribution in [2.75, 3.05) is 0 Å². The summed E-state index contributed by atoms with van der Waals surface area (Å²) in [4.78, 5) is 9.95. The lowest BCUT2D eigenvalue weighted by Crippen LogP contribution is -1.85. The van der Waals surface area contributed by atoms with Crippen LogP contribution in [-0.2, 0) is 0 Å². The third-order valence-electron chi connectivity index (χ3n) is 2.24. The average Bonchev–Trinajstić information content (AvgIpc) is 2.82. The average molecular weight is 212 g/mol. The second-order valence-electron chi connectivity index (χ2n) is 3.22. The maximum absolute atomic E-state index is 4.52. The van der Waals surface area contributed by atoms with Crippen molar-refractivity contribution in [2.45, 2.75) is 0 Å². The van der Waals surface area contributed by atoms with Crippen molar-refractivity contribution in [3.63, 3.8) is 0 Å². The van der Waals surface area contributed by atoms with Crippen molar-refractivity contribution in [3.05, 3.63) is 48.0 Å². The third-order valence-corrected chi connectivity index (χ3v) is 3.13. The van der Waals surface area contributed by atoms with Gasteiger partial charge in [-0.3, -0.25) is 0 Å². The molecule has 3 heterocycles. The van der Waals surface area contributed by atoms with E-state index in [-0.39, 0.29) is 0 Å². The first kappa shape index (κ1) is 8.56. The normalized spacial score (nSPS) is 10.7. The van der Waals surface area contributed by atoms with Crippen LogP contribution in [0.15, 0.2) is 48.0 Å². The topological polar surface area (TPSA) is 25.8 Å². The van der Waals surface area contributed by atoms with Gasteiger partial charge in [0, 0.05) is 11.6 Å². The van der Waals surface area contributed by atoms with Crippen LogP contribution >= 0.6 is 11.3 Å². The highest BCUT2D eigenvalue weighted by Gasteiger charge is 2.01. The molecule has 0 aliphatic carbocycles. The highest BCUT2D eigenvalue weighted by Crippen LogP contribution is 2.23. The Kier molecular flexibility index (Phi) is 1.96. The molecule has 0 radical (unpaired) electrons. The Bertz CT molecular complexity index is 587. The van der Waals surface area contributed by atoms with Crippen LogP contribution in [-0.4, -0.2) is 9.97 Å². The van der Waals surface area contributed by atoms with Gasteiger partial charge in [-0.05, 0) is 35.7 Å². The van der Waals surface area contributed by atoms with E-state index in [1.165, 1.54) is 4.88 Å². The second kappa shape index (κ2) is 3.44. The summed E-state index contributed by atoms with van der Waals surface area (Å²) in [6.07, 6.45) is 1.77. The number of hydrogen-bond acceptors (Lipinski definition) is 3. The van der Waals surface area contributed by atoms with E-state index in [9.17, 15) is 0 Å². The molecule has 0 bridgehead atoms. The third kappa shape index (κ3) is 1.51. The van der Waals surface area contributed by atoms with Crippen molar-refractivity contribution >= 4 is 22.4 Å². The van der Waals surface area contributed by atoms with Crippen LogP contribution in [0.2, 0.25) is 0 Å². The van der Waals surface area contributed by atoms with Crippen LogP contribution in [0, 0.1) is 0 Å². The van der Waals surface area contributed by atoms with Crippen LogP contribution < -0.4 is 0 Å². The number of hydrogen-bond donors (Lipinski definition) is 0. The standard InChI is InChI=1S/C12H8N2S/c1-3-9-5-6-10(11-4-2-8-15-11)14-12(9)13-7-1/h1-8H. The zero-order valence-corrected chi connectivity index (χ0v) is 8.74. The quantitative estimate of drug-likeness (QED) is 0.618. The lowest BCUT2D eigenvalue weighted by molar-refractivity contribution is 1.29. The van der Waals surface area contributed by atoms with Crippen molar-refractivity contribution in [1.82, 2.24) is 9.97 Å². The molecule has 0 amide bonds. The Morgan fingerprint density at radius 1 is 1.00 bits per heavy atom. The van der Waals surface area contributed by atoms with Crippen molar-refractivity contribution in [1.29, 1.82) is 0 Å². The molecule has 0 aliphatic heterocycles. The minimum Gasteiger partial charge on any atom is -0.237 e. The monoisotopic (exact) mass is 212 g/mol. The van der Waals surface area contributed by atoms with E-state index in [4.69, 9.17) is 0 Å². The predicted molar refractivity (Wildman–Crippen MR) is 62.9 cm³/mol. The molecule has 15 heavy (non-hydrogen) atoms. The summed E-state index contributed by atoms with van der Waals surface area (Å²) in [5.74, 6) is 0. The van der Waals surface area contributed by atoms with Gasteiger partial charge in [-0.1, -0.05) is 6.07 Å². The Labute approximate surface area is 91.2 Å². The Morgan fingerprint density at radius 3 is 2.87 bits per heavy atom. The molecule has 0 spiro atoms. The molecule has 0 atom stereocenters. The molecule has 3 heteroatoms. The molecule has 0 aromatic carbocycles. The first-order chi connectivity index (χ1) is 7.43. The molecular formula is C12H8N2S. The maximum atomic E-state index is 4.52. The van der Waals surface area contributed by atoms with E-state index in [2.05, 4.69) is 27.5 Å². The summed E-state index contributed by atoms with van der Waals surface area (Å²) in [7, 11) is 0. The number of aromatic nitrogens is 2. The van der Waals surface area contributed by atoms with Crippen LogP contribution in [0.25, 0.3) is 21.6 Å². The zero-order valence-electron chi connectivity index (χ0n) is 7.92. The number of thiophene rings is 1. The summed E-state index contributed by atoms with van der Waals surface area (Å²) in [5, 5.41) is 3.14. The zero-order chi connectivity index (χ0) is 10.1. The van der Waals surface area contributed by atoms with Gasteiger partial charge in [0.05, 0.1) is 10.6 Å². The number of rotatable bonds is 1. The Balaban J connectivity index is 2.22.